The standard InChI is InChI=1S/C24H28N2O7/c1-32-21(22(28)26-20(11-13-27)23(29)30)10-12-25-24(31)33-14-19-17-8-4-2-6-15(17)16-7-3-5-9-18(16)19/h2-9,19-21,27H,10-14H2,1H3,(H,25,31)(H,26,28)(H,29,30)/t20-,21?/m1/s1. The number of fused-ring (bicyclic) bond motifs is 3. The van der Waals surface area contributed by atoms with Gasteiger partial charge >= 0.3 is 12.1 Å². The average molecular weight is 456 g/mol. The number of aliphatic carboxylic acids is 1. The fraction of sp³-hybridized carbons (Fsp3) is 0.375. The molecule has 0 spiro atoms. The lowest BCUT2D eigenvalue weighted by Crippen LogP contribution is -2.47. The third-order valence-electron chi connectivity index (χ3n) is 5.63. The molecule has 1 aliphatic carbocycles. The van der Waals surface area contributed by atoms with Gasteiger partial charge in [-0.05, 0) is 22.3 Å². The van der Waals surface area contributed by atoms with Crippen LogP contribution in [0.3, 0.4) is 0 Å². The van der Waals surface area contributed by atoms with Gasteiger partial charge in [0.25, 0.3) is 0 Å². The highest BCUT2D eigenvalue weighted by atomic mass is 16.5. The zero-order chi connectivity index (χ0) is 23.8. The minimum absolute atomic E-state index is 0.0554. The summed E-state index contributed by atoms with van der Waals surface area (Å²) in [7, 11) is 1.32. The zero-order valence-corrected chi connectivity index (χ0v) is 18.3. The SMILES string of the molecule is COC(CCNC(=O)OCC1c2ccccc2-c2ccccc21)C(=O)N[C@H](CCO)C(=O)O. The molecule has 176 valence electrons. The second-order valence-electron chi connectivity index (χ2n) is 7.68. The van der Waals surface area contributed by atoms with Crippen molar-refractivity contribution in [3.05, 3.63) is 59.7 Å². The topological polar surface area (TPSA) is 134 Å². The fourth-order valence-electron chi connectivity index (χ4n) is 3.96. The highest BCUT2D eigenvalue weighted by molar-refractivity contribution is 5.86. The number of alkyl carbamates (subject to hydrolysis) is 1. The summed E-state index contributed by atoms with van der Waals surface area (Å²) >= 11 is 0. The Balaban J connectivity index is 1.49. The Morgan fingerprint density at radius 1 is 1.00 bits per heavy atom. The van der Waals surface area contributed by atoms with E-state index in [-0.39, 0.29) is 38.5 Å². The third-order valence-corrected chi connectivity index (χ3v) is 5.63. The smallest absolute Gasteiger partial charge is 0.407 e. The van der Waals surface area contributed by atoms with Gasteiger partial charge in [-0.25, -0.2) is 9.59 Å². The first kappa shape index (κ1) is 24.2. The zero-order valence-electron chi connectivity index (χ0n) is 18.3. The molecule has 2 amide bonds. The van der Waals surface area contributed by atoms with Crippen LogP contribution in [-0.4, -0.2) is 67.2 Å². The number of nitrogens with one attached hydrogen (secondary N) is 2. The number of carboxylic acid groups (broad SMARTS) is 1. The van der Waals surface area contributed by atoms with Gasteiger partial charge in [0.15, 0.2) is 0 Å². The van der Waals surface area contributed by atoms with Crippen molar-refractivity contribution in [3.8, 4) is 11.1 Å². The molecule has 0 saturated heterocycles. The van der Waals surface area contributed by atoms with Crippen LogP contribution in [-0.2, 0) is 19.1 Å². The van der Waals surface area contributed by atoms with E-state index in [9.17, 15) is 14.4 Å². The molecule has 2 atom stereocenters. The van der Waals surface area contributed by atoms with Crippen molar-refractivity contribution in [3.63, 3.8) is 0 Å². The highest BCUT2D eigenvalue weighted by Gasteiger charge is 2.29. The molecule has 2 aromatic rings. The van der Waals surface area contributed by atoms with Gasteiger partial charge < -0.3 is 30.3 Å². The van der Waals surface area contributed by atoms with Crippen LogP contribution in [0.15, 0.2) is 48.5 Å². The van der Waals surface area contributed by atoms with Crippen molar-refractivity contribution >= 4 is 18.0 Å². The van der Waals surface area contributed by atoms with Crippen molar-refractivity contribution in [2.24, 2.45) is 0 Å². The van der Waals surface area contributed by atoms with Gasteiger partial charge in [0, 0.05) is 39.0 Å². The lowest BCUT2D eigenvalue weighted by Gasteiger charge is -2.19. The summed E-state index contributed by atoms with van der Waals surface area (Å²) in [5, 5.41) is 22.9. The van der Waals surface area contributed by atoms with Crippen LogP contribution >= 0.6 is 0 Å². The molecule has 9 nitrogen and oxygen atoms in total. The van der Waals surface area contributed by atoms with E-state index in [1.165, 1.54) is 7.11 Å². The van der Waals surface area contributed by atoms with E-state index in [0.717, 1.165) is 22.3 Å². The van der Waals surface area contributed by atoms with Gasteiger partial charge in [0.2, 0.25) is 5.91 Å². The van der Waals surface area contributed by atoms with Gasteiger partial charge in [0.05, 0.1) is 0 Å². The van der Waals surface area contributed by atoms with E-state index in [1.807, 2.05) is 36.4 Å². The molecular formula is C24H28N2O7. The van der Waals surface area contributed by atoms with Crippen LogP contribution in [0.2, 0.25) is 0 Å². The number of hydrogen-bond donors (Lipinski definition) is 4. The highest BCUT2D eigenvalue weighted by Crippen LogP contribution is 2.44. The molecule has 9 heteroatoms. The number of carbonyl (C=O) groups is 3. The number of carbonyl (C=O) groups excluding carboxylic acids is 2. The maximum Gasteiger partial charge on any atom is 0.407 e. The van der Waals surface area contributed by atoms with Crippen LogP contribution in [0, 0.1) is 0 Å². The number of benzene rings is 2. The van der Waals surface area contributed by atoms with E-state index >= 15 is 0 Å². The normalized spacial score (nSPS) is 14.0. The number of rotatable bonds is 11. The van der Waals surface area contributed by atoms with Crippen LogP contribution < -0.4 is 10.6 Å². The van der Waals surface area contributed by atoms with Crippen molar-refractivity contribution in [2.45, 2.75) is 30.9 Å². The van der Waals surface area contributed by atoms with E-state index < -0.39 is 30.1 Å². The Morgan fingerprint density at radius 2 is 1.61 bits per heavy atom. The number of ether oxygens (including phenoxy) is 2. The van der Waals surface area contributed by atoms with Crippen molar-refractivity contribution < 1.29 is 34.1 Å². The third kappa shape index (κ3) is 5.88. The van der Waals surface area contributed by atoms with Crippen molar-refractivity contribution in [2.75, 3.05) is 26.9 Å². The van der Waals surface area contributed by atoms with Gasteiger partial charge in [-0.1, -0.05) is 48.5 Å². The monoisotopic (exact) mass is 456 g/mol. The van der Waals surface area contributed by atoms with E-state index in [4.69, 9.17) is 19.7 Å². The Hall–Kier alpha value is -3.43. The molecular weight excluding hydrogens is 428 g/mol. The molecule has 4 N–H and O–H groups in total. The van der Waals surface area contributed by atoms with Crippen molar-refractivity contribution in [1.29, 1.82) is 0 Å². The number of aliphatic hydroxyl groups is 1. The maximum atomic E-state index is 12.2. The molecule has 0 fully saturated rings. The summed E-state index contributed by atoms with van der Waals surface area (Å²) < 4.78 is 10.6. The number of hydrogen-bond acceptors (Lipinski definition) is 6. The number of amides is 2. The summed E-state index contributed by atoms with van der Waals surface area (Å²) in [6, 6.07) is 14.8. The average Bonchev–Trinajstić information content (AvgIpc) is 3.13. The second-order valence-corrected chi connectivity index (χ2v) is 7.68. The molecule has 0 bridgehead atoms. The lowest BCUT2D eigenvalue weighted by molar-refractivity contribution is -0.144. The molecule has 2 aromatic carbocycles. The first-order chi connectivity index (χ1) is 16.0. The summed E-state index contributed by atoms with van der Waals surface area (Å²) in [5.41, 5.74) is 4.49. The minimum Gasteiger partial charge on any atom is -0.480 e. The van der Waals surface area contributed by atoms with Crippen molar-refractivity contribution in [1.82, 2.24) is 10.6 Å². The fourth-order valence-corrected chi connectivity index (χ4v) is 3.96. The molecule has 0 aliphatic heterocycles. The molecule has 0 saturated carbocycles. The van der Waals surface area contributed by atoms with Crippen LogP contribution in [0.25, 0.3) is 11.1 Å². The summed E-state index contributed by atoms with van der Waals surface area (Å²) in [6.45, 7) is -0.103. The van der Waals surface area contributed by atoms with E-state index in [2.05, 4.69) is 22.8 Å². The largest absolute Gasteiger partial charge is 0.480 e. The summed E-state index contributed by atoms with van der Waals surface area (Å²) in [5.74, 6) is -1.93. The molecule has 1 aliphatic rings. The van der Waals surface area contributed by atoms with E-state index in [1.54, 1.807) is 0 Å². The molecule has 3 rings (SSSR count). The molecule has 0 heterocycles. The predicted molar refractivity (Wildman–Crippen MR) is 120 cm³/mol. The Morgan fingerprint density at radius 3 is 2.15 bits per heavy atom. The van der Waals surface area contributed by atoms with Gasteiger partial charge in [-0.15, -0.1) is 0 Å². The van der Waals surface area contributed by atoms with E-state index in [0.29, 0.717) is 0 Å². The quantitative estimate of drug-likeness (QED) is 0.406. The summed E-state index contributed by atoms with van der Waals surface area (Å²) in [6.07, 6.45) is -1.57. The molecule has 1 unspecified atom stereocenters. The van der Waals surface area contributed by atoms with Crippen LogP contribution in [0.5, 0.6) is 0 Å². The Labute approximate surface area is 191 Å². The summed E-state index contributed by atoms with van der Waals surface area (Å²) in [4.78, 5) is 35.6. The molecule has 0 radical (unpaired) electrons. The van der Waals surface area contributed by atoms with Crippen LogP contribution in [0.1, 0.15) is 29.9 Å². The number of aliphatic hydroxyl groups excluding tert-OH is 1. The van der Waals surface area contributed by atoms with Gasteiger partial charge in [-0.2, -0.15) is 0 Å². The molecule has 0 aromatic heterocycles. The first-order valence-corrected chi connectivity index (χ1v) is 10.7. The first-order valence-electron chi connectivity index (χ1n) is 10.7. The number of carboxylic acids is 1. The Bertz CT molecular complexity index is 949. The van der Waals surface area contributed by atoms with Gasteiger partial charge in [-0.3, -0.25) is 4.79 Å². The maximum absolute atomic E-state index is 12.2. The lowest BCUT2D eigenvalue weighted by atomic mass is 9.98. The Kier molecular flexibility index (Phi) is 8.39. The minimum atomic E-state index is -1.25. The molecule has 33 heavy (non-hydrogen) atoms. The van der Waals surface area contributed by atoms with Gasteiger partial charge in [0.1, 0.15) is 18.8 Å². The number of methoxy groups -OCH3 is 1. The van der Waals surface area contributed by atoms with Crippen LogP contribution in [0.4, 0.5) is 4.79 Å². The second kappa shape index (κ2) is 11.4. The predicted octanol–water partition coefficient (Wildman–Crippen LogP) is 1.88.